The third kappa shape index (κ3) is 8.26. The Bertz CT molecular complexity index is 2150. The second-order valence-electron chi connectivity index (χ2n) is 16.5. The lowest BCUT2D eigenvalue weighted by Crippen LogP contribution is -2.54. The molecule has 0 spiro atoms. The van der Waals surface area contributed by atoms with E-state index in [0.717, 1.165) is 101 Å². The minimum absolute atomic E-state index is 0.0602. The highest BCUT2D eigenvalue weighted by atomic mass is 35.5. The van der Waals surface area contributed by atoms with Crippen molar-refractivity contribution in [1.82, 2.24) is 20.4 Å². The maximum absolute atomic E-state index is 13.3. The van der Waals surface area contributed by atoms with Gasteiger partial charge in [0.25, 0.3) is 17.7 Å². The van der Waals surface area contributed by atoms with Gasteiger partial charge in [-0.1, -0.05) is 11.6 Å². The standard InChI is InChI=1S/C44H48ClN7O6/c1-44(58-34-8-4-30(26-46)37(45)25-34)16-12-31(13-17-44)47-40(54)29-2-5-32(6-3-29)50-18-14-28(15-19-50)27-49-20-22-51(23-21-49)33-7-9-35-36(24-33)43(57)52(42(35)56)38-10-11-39(53)48-41(38)55/h2-9,24-25,28,31,38H,10-23,27H2,1H3,(H,47,54)(H,48,53,55)/t31-,38?,44-. The molecule has 4 fully saturated rings. The summed E-state index contributed by atoms with van der Waals surface area (Å²) >= 11 is 6.20. The molecule has 4 aliphatic heterocycles. The van der Waals surface area contributed by atoms with Crippen LogP contribution in [0.2, 0.25) is 5.02 Å². The summed E-state index contributed by atoms with van der Waals surface area (Å²) in [6.45, 7) is 8.46. The van der Waals surface area contributed by atoms with Crippen molar-refractivity contribution in [2.45, 2.75) is 76.0 Å². The van der Waals surface area contributed by atoms with Gasteiger partial charge in [0.1, 0.15) is 23.5 Å². The molecule has 302 valence electrons. The van der Waals surface area contributed by atoms with Gasteiger partial charge in [-0.2, -0.15) is 5.26 Å². The first-order valence-electron chi connectivity index (χ1n) is 20.3. The first-order chi connectivity index (χ1) is 28.0. The summed E-state index contributed by atoms with van der Waals surface area (Å²) in [5.74, 6) is -0.788. The number of nitrogens with zero attached hydrogens (tertiary/aromatic N) is 5. The van der Waals surface area contributed by atoms with Crippen LogP contribution < -0.4 is 25.2 Å². The number of nitriles is 1. The lowest BCUT2D eigenvalue weighted by molar-refractivity contribution is -0.136. The number of hydrogen-bond acceptors (Lipinski definition) is 10. The Morgan fingerprint density at radius 2 is 1.52 bits per heavy atom. The van der Waals surface area contributed by atoms with Crippen LogP contribution in [0.3, 0.4) is 0 Å². The number of piperidine rings is 2. The molecule has 0 bridgehead atoms. The van der Waals surface area contributed by atoms with Crippen molar-refractivity contribution >= 4 is 52.5 Å². The van der Waals surface area contributed by atoms with Gasteiger partial charge in [0, 0.05) is 81.3 Å². The monoisotopic (exact) mass is 805 g/mol. The Balaban J connectivity index is 0.758. The van der Waals surface area contributed by atoms with E-state index < -0.39 is 29.7 Å². The SMILES string of the molecule is C[C@]1(Oc2ccc(C#N)c(Cl)c2)CC[C@H](NC(=O)c2ccc(N3CCC(CN4CCN(c5ccc6c(c5)C(=O)N(C5CCC(=O)NC5=O)C6=O)CC4)CC3)cc2)CC1. The van der Waals surface area contributed by atoms with Gasteiger partial charge in [-0.25, -0.2) is 0 Å². The normalized spacial score (nSPS) is 24.3. The number of hydrogen-bond donors (Lipinski definition) is 2. The fourth-order valence-electron chi connectivity index (χ4n) is 9.08. The Kier molecular flexibility index (Phi) is 11.2. The molecule has 1 atom stereocenters. The van der Waals surface area contributed by atoms with E-state index in [1.165, 1.54) is 0 Å². The number of anilines is 2. The highest BCUT2D eigenvalue weighted by molar-refractivity contribution is 6.31. The fourth-order valence-corrected chi connectivity index (χ4v) is 9.30. The van der Waals surface area contributed by atoms with Crippen molar-refractivity contribution in [1.29, 1.82) is 5.26 Å². The van der Waals surface area contributed by atoms with Gasteiger partial charge in [-0.15, -0.1) is 0 Å². The van der Waals surface area contributed by atoms with Gasteiger partial charge in [-0.05, 0) is 112 Å². The average molecular weight is 806 g/mol. The highest BCUT2D eigenvalue weighted by Gasteiger charge is 2.45. The number of carbonyl (C=O) groups excluding carboxylic acids is 5. The molecule has 0 aromatic heterocycles. The number of halogens is 1. The lowest BCUT2D eigenvalue weighted by atomic mass is 9.83. The molecule has 14 heteroatoms. The number of rotatable bonds is 9. The number of piperazine rings is 1. The van der Waals surface area contributed by atoms with Gasteiger partial charge < -0.3 is 19.9 Å². The Morgan fingerprint density at radius 1 is 0.845 bits per heavy atom. The molecule has 0 radical (unpaired) electrons. The van der Waals surface area contributed by atoms with E-state index >= 15 is 0 Å². The second kappa shape index (κ2) is 16.4. The van der Waals surface area contributed by atoms with Crippen molar-refractivity contribution in [3.8, 4) is 11.8 Å². The zero-order valence-corrected chi connectivity index (χ0v) is 33.4. The molecule has 3 aromatic carbocycles. The van der Waals surface area contributed by atoms with E-state index in [4.69, 9.17) is 21.6 Å². The molecular formula is C44H48ClN7O6. The molecule has 4 heterocycles. The summed E-state index contributed by atoms with van der Waals surface area (Å²) in [4.78, 5) is 71.8. The van der Waals surface area contributed by atoms with Gasteiger partial charge in [0.2, 0.25) is 11.8 Å². The summed E-state index contributed by atoms with van der Waals surface area (Å²) < 4.78 is 6.29. The quantitative estimate of drug-likeness (QED) is 0.277. The van der Waals surface area contributed by atoms with Crippen molar-refractivity contribution < 1.29 is 28.7 Å². The third-order valence-electron chi connectivity index (χ3n) is 12.6. The molecule has 2 N–H and O–H groups in total. The van der Waals surface area contributed by atoms with E-state index in [-0.39, 0.29) is 30.4 Å². The number of benzene rings is 3. The Hall–Kier alpha value is -5.45. The molecule has 13 nitrogen and oxygen atoms in total. The first kappa shape index (κ1) is 39.4. The number of fused-ring (bicyclic) bond motifs is 1. The largest absolute Gasteiger partial charge is 0.488 e. The zero-order chi connectivity index (χ0) is 40.6. The van der Waals surface area contributed by atoms with Crippen molar-refractivity contribution in [2.75, 3.05) is 55.6 Å². The van der Waals surface area contributed by atoms with E-state index in [2.05, 4.69) is 50.5 Å². The maximum atomic E-state index is 13.3. The van der Waals surface area contributed by atoms with Crippen LogP contribution in [0.5, 0.6) is 5.75 Å². The average Bonchev–Trinajstić information content (AvgIpc) is 3.47. The van der Waals surface area contributed by atoms with Gasteiger partial charge >= 0.3 is 0 Å². The summed E-state index contributed by atoms with van der Waals surface area (Å²) in [5.41, 5.74) is 3.33. The van der Waals surface area contributed by atoms with E-state index in [9.17, 15) is 24.0 Å². The Morgan fingerprint density at radius 3 is 2.19 bits per heavy atom. The van der Waals surface area contributed by atoms with Crippen LogP contribution in [-0.4, -0.2) is 103 Å². The number of carbonyl (C=O) groups is 5. The number of ether oxygens (including phenoxy) is 1. The molecule has 1 aliphatic carbocycles. The lowest BCUT2D eigenvalue weighted by Gasteiger charge is -2.40. The maximum Gasteiger partial charge on any atom is 0.262 e. The first-order valence-corrected chi connectivity index (χ1v) is 20.7. The minimum atomic E-state index is -0.972. The topological polar surface area (TPSA) is 155 Å². The Labute approximate surface area is 343 Å². The van der Waals surface area contributed by atoms with Crippen LogP contribution >= 0.6 is 11.6 Å². The van der Waals surface area contributed by atoms with Gasteiger partial charge in [-0.3, -0.25) is 39.1 Å². The molecule has 3 aromatic rings. The van der Waals surface area contributed by atoms with Gasteiger partial charge in [0.15, 0.2) is 0 Å². The molecule has 8 rings (SSSR count). The predicted molar refractivity (Wildman–Crippen MR) is 218 cm³/mol. The molecule has 58 heavy (non-hydrogen) atoms. The summed E-state index contributed by atoms with van der Waals surface area (Å²) in [6, 6.07) is 19.6. The molecule has 3 saturated heterocycles. The van der Waals surface area contributed by atoms with Crippen molar-refractivity contribution in [3.63, 3.8) is 0 Å². The molecular weight excluding hydrogens is 758 g/mol. The molecule has 1 saturated carbocycles. The van der Waals surface area contributed by atoms with Crippen LogP contribution in [-0.2, 0) is 9.59 Å². The van der Waals surface area contributed by atoms with Crippen LogP contribution in [0.15, 0.2) is 60.7 Å². The van der Waals surface area contributed by atoms with E-state index in [1.54, 1.807) is 30.3 Å². The third-order valence-corrected chi connectivity index (χ3v) is 12.9. The summed E-state index contributed by atoms with van der Waals surface area (Å²) in [7, 11) is 0. The summed E-state index contributed by atoms with van der Waals surface area (Å²) in [5, 5.41) is 15.0. The summed E-state index contributed by atoms with van der Waals surface area (Å²) in [6.07, 6.45) is 5.62. The molecule has 1 unspecified atom stereocenters. The van der Waals surface area contributed by atoms with Gasteiger partial charge in [0.05, 0.1) is 21.7 Å². The second-order valence-corrected chi connectivity index (χ2v) is 16.9. The van der Waals surface area contributed by atoms with Crippen LogP contribution in [0.25, 0.3) is 0 Å². The van der Waals surface area contributed by atoms with Crippen LogP contribution in [0.1, 0.15) is 94.9 Å². The number of nitrogens with one attached hydrogen (secondary N) is 2. The van der Waals surface area contributed by atoms with Crippen molar-refractivity contribution in [2.24, 2.45) is 5.92 Å². The predicted octanol–water partition coefficient (Wildman–Crippen LogP) is 5.16. The minimum Gasteiger partial charge on any atom is -0.488 e. The van der Waals surface area contributed by atoms with E-state index in [0.29, 0.717) is 38.9 Å². The van der Waals surface area contributed by atoms with Crippen LogP contribution in [0, 0.1) is 17.2 Å². The number of imide groups is 2. The van der Waals surface area contributed by atoms with E-state index in [1.807, 2.05) is 18.2 Å². The molecule has 5 aliphatic rings. The van der Waals surface area contributed by atoms with Crippen molar-refractivity contribution in [3.05, 3.63) is 87.9 Å². The number of amides is 5. The van der Waals surface area contributed by atoms with Crippen LogP contribution in [0.4, 0.5) is 11.4 Å². The fraction of sp³-hybridized carbons (Fsp3) is 0.455. The smallest absolute Gasteiger partial charge is 0.262 e. The highest BCUT2D eigenvalue weighted by Crippen LogP contribution is 2.35. The zero-order valence-electron chi connectivity index (χ0n) is 32.7. The molecule has 5 amide bonds.